The van der Waals surface area contributed by atoms with Crippen LogP contribution in [0.15, 0.2) is 52.7 Å². The molecule has 178 valence electrons. The monoisotopic (exact) mass is 521 g/mol. The summed E-state index contributed by atoms with van der Waals surface area (Å²) in [5, 5.41) is 7.73. The highest BCUT2D eigenvalue weighted by Gasteiger charge is 2.24. The maximum absolute atomic E-state index is 14.4. The van der Waals surface area contributed by atoms with E-state index in [1.54, 1.807) is 4.68 Å². The summed E-state index contributed by atoms with van der Waals surface area (Å²) in [6.45, 7) is 2.08. The topological polar surface area (TPSA) is 90.3 Å². The number of nitrogens with zero attached hydrogens (tertiary/aromatic N) is 2. The molecule has 0 saturated heterocycles. The van der Waals surface area contributed by atoms with Crippen molar-refractivity contribution in [3.63, 3.8) is 0 Å². The van der Waals surface area contributed by atoms with Gasteiger partial charge in [-0.05, 0) is 23.3 Å². The Morgan fingerprint density at radius 1 is 1.21 bits per heavy atom. The van der Waals surface area contributed by atoms with Crippen LogP contribution in [0, 0.1) is 5.82 Å². The number of sulfone groups is 1. The fourth-order valence-electron chi connectivity index (χ4n) is 3.65. The molecule has 0 atom stereocenters. The summed E-state index contributed by atoms with van der Waals surface area (Å²) in [6.07, 6.45) is 0. The predicted octanol–water partition coefficient (Wildman–Crippen LogP) is 4.56. The van der Waals surface area contributed by atoms with E-state index in [4.69, 9.17) is 16.3 Å². The molecule has 11 heteroatoms. The second kappa shape index (κ2) is 9.73. The quantitative estimate of drug-likeness (QED) is 0.367. The van der Waals surface area contributed by atoms with Crippen LogP contribution >= 0.6 is 22.9 Å². The van der Waals surface area contributed by atoms with Gasteiger partial charge in [0.15, 0.2) is 9.84 Å². The highest BCUT2D eigenvalue weighted by molar-refractivity contribution is 7.92. The highest BCUT2D eigenvalue weighted by Crippen LogP contribution is 2.34. The average Bonchev–Trinajstić information content (AvgIpc) is 3.36. The molecule has 0 bridgehead atoms. The van der Waals surface area contributed by atoms with E-state index in [1.165, 1.54) is 38.3 Å². The van der Waals surface area contributed by atoms with Crippen LogP contribution in [-0.4, -0.2) is 31.2 Å². The Kier molecular flexibility index (Phi) is 6.92. The van der Waals surface area contributed by atoms with Gasteiger partial charge in [0.1, 0.15) is 21.5 Å². The smallest absolute Gasteiger partial charge is 0.217 e. The molecular weight excluding hydrogens is 501 g/mol. The van der Waals surface area contributed by atoms with Crippen molar-refractivity contribution in [2.24, 2.45) is 0 Å². The van der Waals surface area contributed by atoms with Crippen LogP contribution in [0.2, 0.25) is 4.34 Å². The first-order valence-corrected chi connectivity index (χ1v) is 13.0. The normalized spacial score (nSPS) is 11.6. The summed E-state index contributed by atoms with van der Waals surface area (Å²) < 4.78 is 47.8. The van der Waals surface area contributed by atoms with E-state index in [-0.39, 0.29) is 28.1 Å². The van der Waals surface area contributed by atoms with Gasteiger partial charge in [0.2, 0.25) is 5.91 Å². The molecule has 0 unspecified atom stereocenters. The van der Waals surface area contributed by atoms with Crippen molar-refractivity contribution in [2.45, 2.75) is 30.0 Å². The number of benzene rings is 2. The van der Waals surface area contributed by atoms with Gasteiger partial charge in [0.25, 0.3) is 0 Å². The molecule has 1 amide bonds. The fourth-order valence-corrected chi connectivity index (χ4v) is 6.49. The second-order valence-electron chi connectivity index (χ2n) is 7.65. The lowest BCUT2D eigenvalue weighted by Crippen LogP contribution is -2.19. The molecular formula is C23H21ClFN3O4S2. The van der Waals surface area contributed by atoms with E-state index < -0.39 is 21.4 Å². The van der Waals surface area contributed by atoms with E-state index in [0.717, 1.165) is 22.5 Å². The zero-order valence-corrected chi connectivity index (χ0v) is 20.7. The fraction of sp³-hybridized carbons (Fsp3) is 0.217. The molecule has 0 aliphatic heterocycles. The van der Waals surface area contributed by atoms with Crippen LogP contribution in [0.3, 0.4) is 0 Å². The van der Waals surface area contributed by atoms with Gasteiger partial charge in [-0.2, -0.15) is 5.10 Å². The van der Waals surface area contributed by atoms with Gasteiger partial charge >= 0.3 is 0 Å². The minimum atomic E-state index is -3.73. The number of ether oxygens (including phenoxy) is 1. The van der Waals surface area contributed by atoms with E-state index in [2.05, 4.69) is 10.4 Å². The molecule has 0 spiro atoms. The second-order valence-corrected chi connectivity index (χ2v) is 11.6. The van der Waals surface area contributed by atoms with Crippen LogP contribution < -0.4 is 10.1 Å². The number of carbonyl (C=O) groups excluding carboxylic acids is 1. The Hall–Kier alpha value is -2.95. The van der Waals surface area contributed by atoms with Gasteiger partial charge in [0, 0.05) is 25.6 Å². The minimum Gasteiger partial charge on any atom is -0.496 e. The molecule has 2 aromatic heterocycles. The first kappa shape index (κ1) is 24.2. The zero-order chi connectivity index (χ0) is 24.5. The molecule has 0 aliphatic carbocycles. The van der Waals surface area contributed by atoms with E-state index in [0.29, 0.717) is 21.8 Å². The maximum atomic E-state index is 14.4. The molecule has 4 aromatic rings. The summed E-state index contributed by atoms with van der Waals surface area (Å²) in [6, 6.07) is 13.0. The van der Waals surface area contributed by atoms with Crippen LogP contribution in [0.4, 0.5) is 4.39 Å². The van der Waals surface area contributed by atoms with E-state index in [9.17, 15) is 17.6 Å². The van der Waals surface area contributed by atoms with Crippen molar-refractivity contribution in [1.29, 1.82) is 0 Å². The van der Waals surface area contributed by atoms with Gasteiger partial charge in [-0.25, -0.2) is 12.8 Å². The van der Waals surface area contributed by atoms with Crippen molar-refractivity contribution >= 4 is 49.6 Å². The summed E-state index contributed by atoms with van der Waals surface area (Å²) in [4.78, 5) is 11.2. The number of rotatable bonds is 8. The first-order valence-electron chi connectivity index (χ1n) is 10.2. The molecule has 0 aliphatic rings. The lowest BCUT2D eigenvalue weighted by molar-refractivity contribution is -0.119. The van der Waals surface area contributed by atoms with Gasteiger partial charge in [-0.15, -0.1) is 11.3 Å². The maximum Gasteiger partial charge on any atom is 0.217 e. The van der Waals surface area contributed by atoms with Gasteiger partial charge < -0.3 is 10.1 Å². The number of nitrogens with one attached hydrogen (secondary N) is 1. The molecule has 4 rings (SSSR count). The van der Waals surface area contributed by atoms with Gasteiger partial charge in [-0.1, -0.05) is 35.9 Å². The standard InChI is InChI=1S/C23H21ClFN3O4S2/c1-14(29)26-11-15-4-3-5-16(8-15)12-28-19-9-17(25)10-20(32-2)23(19)18(27-28)13-34(30,31)22-7-6-21(24)33-22/h3-10H,11-13H2,1-2H3,(H,26,29). The van der Waals surface area contributed by atoms with Crippen molar-refractivity contribution in [3.05, 3.63) is 75.5 Å². The van der Waals surface area contributed by atoms with E-state index >= 15 is 0 Å². The Balaban J connectivity index is 1.76. The van der Waals surface area contributed by atoms with Crippen LogP contribution in [-0.2, 0) is 33.5 Å². The number of carbonyl (C=O) groups is 1. The van der Waals surface area contributed by atoms with Gasteiger partial charge in [-0.3, -0.25) is 9.48 Å². The Labute approximate surface area is 205 Å². The number of hydrogen-bond donors (Lipinski definition) is 1. The van der Waals surface area contributed by atoms with E-state index in [1.807, 2.05) is 24.3 Å². The molecule has 2 heterocycles. The Morgan fingerprint density at radius 3 is 2.65 bits per heavy atom. The summed E-state index contributed by atoms with van der Waals surface area (Å²) in [5.41, 5.74) is 2.42. The molecule has 34 heavy (non-hydrogen) atoms. The third-order valence-electron chi connectivity index (χ3n) is 5.12. The average molecular weight is 522 g/mol. The summed E-state index contributed by atoms with van der Waals surface area (Å²) in [7, 11) is -2.33. The van der Waals surface area contributed by atoms with Crippen molar-refractivity contribution in [3.8, 4) is 5.75 Å². The number of fused-ring (bicyclic) bond motifs is 1. The van der Waals surface area contributed by atoms with Crippen LogP contribution in [0.5, 0.6) is 5.75 Å². The SMILES string of the molecule is COc1cc(F)cc2c1c(CS(=O)(=O)c1ccc(Cl)s1)nn2Cc1cccc(CNC(C)=O)c1. The van der Waals surface area contributed by atoms with Crippen molar-refractivity contribution in [2.75, 3.05) is 7.11 Å². The number of halogens is 2. The third-order valence-corrected chi connectivity index (χ3v) is 8.56. The lowest BCUT2D eigenvalue weighted by Gasteiger charge is -2.08. The zero-order valence-electron chi connectivity index (χ0n) is 18.3. The molecule has 0 saturated carbocycles. The molecule has 0 fully saturated rings. The summed E-state index contributed by atoms with van der Waals surface area (Å²) >= 11 is 6.90. The first-order chi connectivity index (χ1) is 16.2. The molecule has 7 nitrogen and oxygen atoms in total. The van der Waals surface area contributed by atoms with Crippen LogP contribution in [0.1, 0.15) is 23.7 Å². The number of methoxy groups -OCH3 is 1. The number of amides is 1. The lowest BCUT2D eigenvalue weighted by atomic mass is 10.1. The minimum absolute atomic E-state index is 0.131. The highest BCUT2D eigenvalue weighted by atomic mass is 35.5. The van der Waals surface area contributed by atoms with Crippen molar-refractivity contribution in [1.82, 2.24) is 15.1 Å². The molecule has 2 aromatic carbocycles. The summed E-state index contributed by atoms with van der Waals surface area (Å²) in [5.74, 6) is -0.846. The Morgan fingerprint density at radius 2 is 1.97 bits per heavy atom. The molecule has 0 radical (unpaired) electrons. The largest absolute Gasteiger partial charge is 0.496 e. The number of aromatic nitrogens is 2. The van der Waals surface area contributed by atoms with Crippen molar-refractivity contribution < 1.29 is 22.3 Å². The third kappa shape index (κ3) is 5.24. The Bertz CT molecular complexity index is 1480. The molecule has 1 N–H and O–H groups in total. The predicted molar refractivity (Wildman–Crippen MR) is 130 cm³/mol. The van der Waals surface area contributed by atoms with Gasteiger partial charge in [0.05, 0.1) is 34.6 Å². The number of thiophene rings is 1. The number of hydrogen-bond acceptors (Lipinski definition) is 6. The van der Waals surface area contributed by atoms with Crippen LogP contribution in [0.25, 0.3) is 10.9 Å².